The fraction of sp³-hybridized carbons (Fsp3) is 0.103. The van der Waals surface area contributed by atoms with Crippen LogP contribution in [0.2, 0.25) is 0 Å². The summed E-state index contributed by atoms with van der Waals surface area (Å²) in [5.41, 5.74) is 4.38. The Morgan fingerprint density at radius 3 is 2.24 bits per heavy atom. The van der Waals surface area contributed by atoms with Crippen molar-refractivity contribution >= 4 is 33.2 Å². The molecule has 4 aromatic rings. The zero-order chi connectivity index (χ0) is 24.9. The molecule has 3 unspecified atom stereocenters. The summed E-state index contributed by atoms with van der Waals surface area (Å²) in [5.74, 6) is 1.22. The molecule has 180 valence electrons. The van der Waals surface area contributed by atoms with Crippen LogP contribution >= 0.6 is 0 Å². The number of rotatable bonds is 2. The summed E-state index contributed by atoms with van der Waals surface area (Å²) in [6, 6.07) is 23.8. The van der Waals surface area contributed by atoms with Gasteiger partial charge in [0, 0.05) is 31.7 Å². The van der Waals surface area contributed by atoms with Crippen molar-refractivity contribution in [3.05, 3.63) is 124 Å². The molecule has 2 N–H and O–H groups in total. The molecule has 6 bridgehead atoms. The monoisotopic (exact) mass is 502 g/mol. The van der Waals surface area contributed by atoms with Gasteiger partial charge in [-0.05, 0) is 37.3 Å². The number of aromatic amines is 1. The molecule has 3 atom stereocenters. The van der Waals surface area contributed by atoms with Crippen LogP contribution in [0.5, 0.6) is 0 Å². The standard InChI is InChI=1S/C29H22N6OS/c1-17-10-12-18(13-11-17)37(36)19-14-15-24-30-25(16-19)32-27-21-7-3-5-9-23(21)29(34-27)35-28-22-8-4-2-6-20(22)26(31-24)33-28/h2-16,24-25,30H,1H3,(H,31,32,33,34,35). The van der Waals surface area contributed by atoms with Crippen LogP contribution < -0.4 is 16.3 Å². The van der Waals surface area contributed by atoms with E-state index in [9.17, 15) is 4.21 Å². The van der Waals surface area contributed by atoms with Crippen molar-refractivity contribution in [2.45, 2.75) is 24.2 Å². The largest absolute Gasteiger partial charge is 0.324 e. The van der Waals surface area contributed by atoms with E-state index >= 15 is 0 Å². The zero-order valence-electron chi connectivity index (χ0n) is 19.9. The van der Waals surface area contributed by atoms with Gasteiger partial charge in [-0.25, -0.2) is 24.2 Å². The van der Waals surface area contributed by atoms with Crippen LogP contribution in [0, 0.1) is 6.92 Å². The topological polar surface area (TPSA) is 94.3 Å². The summed E-state index contributed by atoms with van der Waals surface area (Å²) in [6.45, 7) is 2.02. The third-order valence-electron chi connectivity index (χ3n) is 6.60. The summed E-state index contributed by atoms with van der Waals surface area (Å²) >= 11 is 0. The highest BCUT2D eigenvalue weighted by atomic mass is 32.2. The number of fused-ring (bicyclic) bond motifs is 11. The minimum Gasteiger partial charge on any atom is -0.324 e. The number of hydrogen-bond donors (Lipinski definition) is 2. The average molecular weight is 503 g/mol. The van der Waals surface area contributed by atoms with E-state index in [-0.39, 0.29) is 0 Å². The number of nitrogens with one attached hydrogen (secondary N) is 2. The fourth-order valence-corrected chi connectivity index (χ4v) is 5.85. The Hall–Kier alpha value is -4.27. The van der Waals surface area contributed by atoms with E-state index in [4.69, 9.17) is 20.0 Å². The second kappa shape index (κ2) is 8.69. The van der Waals surface area contributed by atoms with Gasteiger partial charge in [0.05, 0.1) is 10.8 Å². The lowest BCUT2D eigenvalue weighted by Gasteiger charge is -2.14. The molecule has 3 aliphatic rings. The highest BCUT2D eigenvalue weighted by Gasteiger charge is 2.24. The summed E-state index contributed by atoms with van der Waals surface area (Å²) < 4.78 is 13.5. The summed E-state index contributed by atoms with van der Waals surface area (Å²) in [6.07, 6.45) is 4.79. The summed E-state index contributed by atoms with van der Waals surface area (Å²) in [5, 5.41) is 5.40. The number of aliphatic imine (C=N–C) groups is 2. The SMILES string of the molecule is Cc1ccc(S(=O)C2=CC3/N=c4\[nH]c(c5ccccc45)=NC4=N/C(=N\C(C=C2)N3)c2ccccc24)cc1. The first-order chi connectivity index (χ1) is 18.1. The maximum Gasteiger partial charge on any atom is 0.164 e. The predicted octanol–water partition coefficient (Wildman–Crippen LogP) is 3.44. The van der Waals surface area contributed by atoms with Gasteiger partial charge in [-0.15, -0.1) is 0 Å². The number of nitrogens with zero attached hydrogens (tertiary/aromatic N) is 4. The Bertz CT molecular complexity index is 1850. The van der Waals surface area contributed by atoms with Crippen LogP contribution in [0.15, 0.2) is 121 Å². The smallest absolute Gasteiger partial charge is 0.164 e. The molecule has 0 spiro atoms. The lowest BCUT2D eigenvalue weighted by molar-refractivity contribution is 0.550. The van der Waals surface area contributed by atoms with E-state index in [1.165, 1.54) is 0 Å². The third-order valence-corrected chi connectivity index (χ3v) is 8.00. The molecule has 8 heteroatoms. The third kappa shape index (κ3) is 3.91. The number of allylic oxidation sites excluding steroid dienone is 1. The number of hydrogen-bond acceptors (Lipinski definition) is 6. The van der Waals surface area contributed by atoms with Crippen molar-refractivity contribution in [1.29, 1.82) is 0 Å². The Morgan fingerprint density at radius 2 is 1.46 bits per heavy atom. The molecule has 1 aromatic heterocycles. The number of benzene rings is 3. The van der Waals surface area contributed by atoms with Gasteiger partial charge in [-0.3, -0.25) is 5.32 Å². The molecule has 7 nitrogen and oxygen atoms in total. The van der Waals surface area contributed by atoms with Crippen LogP contribution in [0.25, 0.3) is 10.8 Å². The Labute approximate surface area is 215 Å². The predicted molar refractivity (Wildman–Crippen MR) is 146 cm³/mol. The number of aromatic nitrogens is 1. The van der Waals surface area contributed by atoms with E-state index in [2.05, 4.69) is 10.3 Å². The Morgan fingerprint density at radius 1 is 0.757 bits per heavy atom. The molecule has 0 aliphatic carbocycles. The number of H-pyrrole nitrogens is 1. The Balaban J connectivity index is 1.46. The van der Waals surface area contributed by atoms with E-state index in [0.29, 0.717) is 27.6 Å². The van der Waals surface area contributed by atoms with Crippen LogP contribution in [-0.2, 0) is 10.8 Å². The molecule has 3 aromatic carbocycles. The van der Waals surface area contributed by atoms with Crippen molar-refractivity contribution in [1.82, 2.24) is 10.3 Å². The maximum atomic E-state index is 13.5. The fourth-order valence-electron chi connectivity index (χ4n) is 4.74. The maximum absolute atomic E-state index is 13.5. The van der Waals surface area contributed by atoms with Crippen LogP contribution in [0.3, 0.4) is 0 Å². The van der Waals surface area contributed by atoms with Crippen LogP contribution in [-0.4, -0.2) is 33.2 Å². The lowest BCUT2D eigenvalue weighted by Crippen LogP contribution is -2.35. The summed E-state index contributed by atoms with van der Waals surface area (Å²) in [7, 11) is -1.37. The van der Waals surface area contributed by atoms with Crippen molar-refractivity contribution in [2.75, 3.05) is 0 Å². The molecule has 0 saturated carbocycles. The zero-order valence-corrected chi connectivity index (χ0v) is 20.7. The van der Waals surface area contributed by atoms with Gasteiger partial charge in [0.1, 0.15) is 23.3 Å². The number of aryl methyl sites for hydroxylation is 1. The number of amidine groups is 2. The van der Waals surface area contributed by atoms with E-state index in [0.717, 1.165) is 32.4 Å². The first-order valence-electron chi connectivity index (χ1n) is 12.1. The first kappa shape index (κ1) is 22.0. The van der Waals surface area contributed by atoms with Crippen molar-refractivity contribution in [2.24, 2.45) is 20.0 Å². The van der Waals surface area contributed by atoms with Gasteiger partial charge in [0.2, 0.25) is 0 Å². The lowest BCUT2D eigenvalue weighted by atomic mass is 10.1. The van der Waals surface area contributed by atoms with Crippen LogP contribution in [0.1, 0.15) is 16.7 Å². The molecule has 0 fully saturated rings. The Kier molecular flexibility index (Phi) is 5.16. The van der Waals surface area contributed by atoms with Gasteiger partial charge >= 0.3 is 0 Å². The molecular formula is C29H22N6OS. The van der Waals surface area contributed by atoms with Gasteiger partial charge in [-0.1, -0.05) is 66.2 Å². The van der Waals surface area contributed by atoms with Gasteiger partial charge in [-0.2, -0.15) is 0 Å². The molecule has 0 saturated heterocycles. The van der Waals surface area contributed by atoms with E-state index in [1.807, 2.05) is 97.9 Å². The molecule has 4 heterocycles. The average Bonchev–Trinajstić information content (AvgIpc) is 3.35. The molecule has 37 heavy (non-hydrogen) atoms. The second-order valence-corrected chi connectivity index (χ2v) is 10.6. The summed E-state index contributed by atoms with van der Waals surface area (Å²) in [4.78, 5) is 24.5. The highest BCUT2D eigenvalue weighted by Crippen LogP contribution is 2.23. The van der Waals surface area contributed by atoms with E-state index in [1.54, 1.807) is 0 Å². The molecule has 3 aliphatic heterocycles. The highest BCUT2D eigenvalue weighted by molar-refractivity contribution is 7.89. The second-order valence-electron chi connectivity index (χ2n) is 9.11. The minimum atomic E-state index is -1.37. The minimum absolute atomic E-state index is 0.427. The van der Waals surface area contributed by atoms with Crippen LogP contribution in [0.4, 0.5) is 0 Å². The molecule has 0 amide bonds. The molecular weight excluding hydrogens is 480 g/mol. The first-order valence-corrected chi connectivity index (χ1v) is 13.2. The molecule has 0 radical (unpaired) electrons. The molecule has 7 rings (SSSR count). The van der Waals surface area contributed by atoms with Gasteiger partial charge in [0.15, 0.2) is 11.7 Å². The van der Waals surface area contributed by atoms with Gasteiger partial charge in [0.25, 0.3) is 0 Å². The quantitative estimate of drug-likeness (QED) is 0.439. The van der Waals surface area contributed by atoms with Crippen molar-refractivity contribution in [3.63, 3.8) is 0 Å². The van der Waals surface area contributed by atoms with Gasteiger partial charge < -0.3 is 4.98 Å². The van der Waals surface area contributed by atoms with Crippen molar-refractivity contribution in [3.8, 4) is 0 Å². The normalized spacial score (nSPS) is 23.1. The van der Waals surface area contributed by atoms with Crippen molar-refractivity contribution < 1.29 is 4.21 Å². The van der Waals surface area contributed by atoms with E-state index < -0.39 is 23.1 Å².